The van der Waals surface area contributed by atoms with E-state index in [9.17, 15) is 4.79 Å². The maximum absolute atomic E-state index is 13.8. The van der Waals surface area contributed by atoms with E-state index >= 15 is 0 Å². The molecule has 2 aromatic heterocycles. The molecule has 232 valence electrons. The minimum absolute atomic E-state index is 0.0582. The van der Waals surface area contributed by atoms with Crippen LogP contribution in [0, 0.1) is 0 Å². The van der Waals surface area contributed by atoms with Gasteiger partial charge in [0.05, 0.1) is 11.0 Å². The molecular formula is C45H36N2O. The van der Waals surface area contributed by atoms with E-state index < -0.39 is 0 Å². The molecule has 0 aliphatic heterocycles. The van der Waals surface area contributed by atoms with Gasteiger partial charge in [-0.1, -0.05) is 72.8 Å². The molecule has 0 saturated carbocycles. The fourth-order valence-corrected chi connectivity index (χ4v) is 8.77. The molecule has 2 heterocycles. The summed E-state index contributed by atoms with van der Waals surface area (Å²) < 4.78 is 4.94. The highest BCUT2D eigenvalue weighted by molar-refractivity contribution is 6.12. The monoisotopic (exact) mass is 620 g/mol. The molecule has 0 spiro atoms. The molecule has 3 nitrogen and oxygen atoms in total. The van der Waals surface area contributed by atoms with Crippen molar-refractivity contribution < 1.29 is 4.79 Å². The Kier molecular flexibility index (Phi) is 6.24. The fraction of sp³-hybridized carbons (Fsp3) is 0.178. The smallest absolute Gasteiger partial charge is 0.193 e. The summed E-state index contributed by atoms with van der Waals surface area (Å²) in [6, 6.07) is 43.3. The topological polar surface area (TPSA) is 26.9 Å². The van der Waals surface area contributed by atoms with E-state index in [1.165, 1.54) is 81.4 Å². The van der Waals surface area contributed by atoms with Gasteiger partial charge in [0.1, 0.15) is 0 Å². The van der Waals surface area contributed by atoms with E-state index in [0.29, 0.717) is 0 Å². The van der Waals surface area contributed by atoms with Crippen molar-refractivity contribution in [2.24, 2.45) is 0 Å². The van der Waals surface area contributed by atoms with Crippen LogP contribution in [0.2, 0.25) is 0 Å². The second kappa shape index (κ2) is 10.8. The largest absolute Gasteiger partial charge is 0.313 e. The fourth-order valence-electron chi connectivity index (χ4n) is 8.77. The van der Waals surface area contributed by atoms with E-state index in [1.807, 2.05) is 12.1 Å². The van der Waals surface area contributed by atoms with Gasteiger partial charge in [-0.25, -0.2) is 0 Å². The van der Waals surface area contributed by atoms with Crippen LogP contribution in [0.4, 0.5) is 0 Å². The number of fused-ring (bicyclic) bond motifs is 8. The van der Waals surface area contributed by atoms with Crippen molar-refractivity contribution in [1.82, 2.24) is 9.13 Å². The van der Waals surface area contributed by atoms with Gasteiger partial charge < -0.3 is 9.13 Å². The van der Waals surface area contributed by atoms with Crippen LogP contribution in [0.5, 0.6) is 0 Å². The van der Waals surface area contributed by atoms with Gasteiger partial charge in [0.2, 0.25) is 0 Å². The number of hydrogen-bond donors (Lipinski definition) is 0. The Morgan fingerprint density at radius 3 is 1.35 bits per heavy atom. The van der Waals surface area contributed by atoms with Crippen molar-refractivity contribution in [1.29, 1.82) is 0 Å². The first-order chi connectivity index (χ1) is 23.7. The van der Waals surface area contributed by atoms with Crippen molar-refractivity contribution in [2.45, 2.75) is 51.4 Å². The number of carbonyl (C=O) groups excluding carboxylic acids is 1. The van der Waals surface area contributed by atoms with Crippen LogP contribution < -0.4 is 0 Å². The number of para-hydroxylation sites is 2. The highest BCUT2D eigenvalue weighted by atomic mass is 16.1. The Morgan fingerprint density at radius 1 is 0.438 bits per heavy atom. The maximum atomic E-state index is 13.8. The number of carbonyl (C=O) groups is 1. The summed E-state index contributed by atoms with van der Waals surface area (Å²) in [5.74, 6) is 0.0582. The Balaban J connectivity index is 0.983. The Bertz CT molecular complexity index is 2420. The van der Waals surface area contributed by atoms with Crippen LogP contribution in [0.25, 0.3) is 54.7 Å². The highest BCUT2D eigenvalue weighted by Crippen LogP contribution is 2.37. The molecule has 2 aliphatic rings. The lowest BCUT2D eigenvalue weighted by Crippen LogP contribution is -2.07. The molecule has 2 aliphatic carbocycles. The zero-order valence-corrected chi connectivity index (χ0v) is 27.0. The summed E-state index contributed by atoms with van der Waals surface area (Å²) in [5.41, 5.74) is 12.4. The molecule has 0 unspecified atom stereocenters. The predicted molar refractivity (Wildman–Crippen MR) is 198 cm³/mol. The van der Waals surface area contributed by atoms with Crippen molar-refractivity contribution in [3.05, 3.63) is 155 Å². The maximum Gasteiger partial charge on any atom is 0.193 e. The van der Waals surface area contributed by atoms with E-state index in [2.05, 4.69) is 118 Å². The SMILES string of the molecule is O=C(c1ccc2cc(-n3c4c(c5ccccc53)CCCC4)ccc2c1)c1ccc2cc(-n3c4c(c5ccccc53)CCCC4)ccc2c1. The number of aryl methyl sites for hydroxylation is 2. The summed E-state index contributed by atoms with van der Waals surface area (Å²) in [7, 11) is 0. The molecule has 3 heteroatoms. The quantitative estimate of drug-likeness (QED) is 0.180. The second-order valence-corrected chi connectivity index (χ2v) is 13.8. The summed E-state index contributed by atoms with van der Waals surface area (Å²) in [4.78, 5) is 13.8. The van der Waals surface area contributed by atoms with Crippen molar-refractivity contribution in [3.8, 4) is 11.4 Å². The molecule has 10 rings (SSSR count). The Morgan fingerprint density at radius 2 is 0.854 bits per heavy atom. The summed E-state index contributed by atoms with van der Waals surface area (Å²) in [6.45, 7) is 0. The first-order valence-electron chi connectivity index (χ1n) is 17.6. The Labute approximate surface area is 280 Å². The Hall–Kier alpha value is -5.41. The number of rotatable bonds is 4. The number of nitrogens with zero attached hydrogens (tertiary/aromatic N) is 2. The third-order valence-electron chi connectivity index (χ3n) is 11.0. The van der Waals surface area contributed by atoms with Crippen LogP contribution >= 0.6 is 0 Å². The molecule has 0 N–H and O–H groups in total. The van der Waals surface area contributed by atoms with Gasteiger partial charge in [0, 0.05) is 44.7 Å². The minimum atomic E-state index is 0.0582. The summed E-state index contributed by atoms with van der Waals surface area (Å²) in [6.07, 6.45) is 9.56. The standard InChI is InChI=1S/C45H36N2O/c48-45(33-19-17-31-27-35(23-21-29(31)25-33)46-41-13-5-1-9-37(41)38-10-2-6-14-42(38)46)34-20-18-32-28-36(24-22-30(32)26-34)47-43-15-7-3-11-39(43)40-12-4-8-16-44(40)47/h1,3,5,7,9,11,13,15,17-28H,2,4,6,8,10,12,14,16H2. The van der Waals surface area contributed by atoms with Gasteiger partial charge in [0.25, 0.3) is 0 Å². The average Bonchev–Trinajstić information content (AvgIpc) is 3.67. The summed E-state index contributed by atoms with van der Waals surface area (Å²) >= 11 is 0. The van der Waals surface area contributed by atoms with Crippen LogP contribution in [0.15, 0.2) is 121 Å². The van der Waals surface area contributed by atoms with Crippen LogP contribution in [-0.2, 0) is 25.7 Å². The molecule has 0 atom stereocenters. The van der Waals surface area contributed by atoms with E-state index in [-0.39, 0.29) is 5.78 Å². The number of aromatic nitrogens is 2. The molecule has 0 bridgehead atoms. The number of benzene rings is 6. The molecular weight excluding hydrogens is 585 g/mol. The van der Waals surface area contributed by atoms with Crippen LogP contribution in [0.1, 0.15) is 64.1 Å². The molecule has 8 aromatic rings. The lowest BCUT2D eigenvalue weighted by Gasteiger charge is -2.17. The van der Waals surface area contributed by atoms with Crippen molar-refractivity contribution in [2.75, 3.05) is 0 Å². The molecule has 0 fully saturated rings. The van der Waals surface area contributed by atoms with Crippen molar-refractivity contribution in [3.63, 3.8) is 0 Å². The van der Waals surface area contributed by atoms with E-state index in [0.717, 1.165) is 58.4 Å². The van der Waals surface area contributed by atoms with Gasteiger partial charge in [-0.05, 0) is 133 Å². The highest BCUT2D eigenvalue weighted by Gasteiger charge is 2.22. The van der Waals surface area contributed by atoms with E-state index in [4.69, 9.17) is 0 Å². The number of ketones is 1. The second-order valence-electron chi connectivity index (χ2n) is 13.8. The van der Waals surface area contributed by atoms with Gasteiger partial charge in [-0.3, -0.25) is 4.79 Å². The third-order valence-corrected chi connectivity index (χ3v) is 11.0. The first kappa shape index (κ1) is 27.7. The molecule has 0 amide bonds. The third kappa shape index (κ3) is 4.23. The lowest BCUT2D eigenvalue weighted by molar-refractivity contribution is 0.103. The predicted octanol–water partition coefficient (Wildman–Crippen LogP) is 10.9. The molecule has 6 aromatic carbocycles. The normalized spacial score (nSPS) is 14.5. The van der Waals surface area contributed by atoms with Gasteiger partial charge in [0.15, 0.2) is 5.78 Å². The molecule has 48 heavy (non-hydrogen) atoms. The number of hydrogen-bond acceptors (Lipinski definition) is 1. The minimum Gasteiger partial charge on any atom is -0.313 e. The zero-order valence-electron chi connectivity index (χ0n) is 27.0. The summed E-state index contributed by atoms with van der Waals surface area (Å²) in [5, 5.41) is 7.24. The average molecular weight is 621 g/mol. The van der Waals surface area contributed by atoms with Gasteiger partial charge >= 0.3 is 0 Å². The molecule has 0 radical (unpaired) electrons. The van der Waals surface area contributed by atoms with Crippen molar-refractivity contribution >= 4 is 49.1 Å². The lowest BCUT2D eigenvalue weighted by atomic mass is 9.95. The first-order valence-corrected chi connectivity index (χ1v) is 17.6. The molecule has 0 saturated heterocycles. The zero-order chi connectivity index (χ0) is 31.8. The van der Waals surface area contributed by atoms with Gasteiger partial charge in [-0.2, -0.15) is 0 Å². The van der Waals surface area contributed by atoms with Crippen LogP contribution in [0.3, 0.4) is 0 Å². The van der Waals surface area contributed by atoms with E-state index in [1.54, 1.807) is 0 Å². The van der Waals surface area contributed by atoms with Crippen LogP contribution in [-0.4, -0.2) is 14.9 Å². The van der Waals surface area contributed by atoms with Gasteiger partial charge in [-0.15, -0.1) is 0 Å².